The van der Waals surface area contributed by atoms with Crippen LogP contribution in [0.2, 0.25) is 0 Å². The minimum Gasteiger partial charge on any atom is -0.369 e. The summed E-state index contributed by atoms with van der Waals surface area (Å²) >= 11 is 11.7. The molecule has 12 heteroatoms. The number of nitrogens with one attached hydrogen (secondary N) is 1. The molecule has 0 aliphatic carbocycles. The first-order valence-electron chi connectivity index (χ1n) is 13.3. The summed E-state index contributed by atoms with van der Waals surface area (Å²) < 4.78 is 0. The van der Waals surface area contributed by atoms with Crippen molar-refractivity contribution in [3.05, 3.63) is 52.7 Å². The number of Topliss-reactive ketones (excluding diaryl/α,β-unsaturated/α-hetero) is 1. The van der Waals surface area contributed by atoms with Crippen molar-refractivity contribution in [1.29, 1.82) is 0 Å². The molecule has 0 radical (unpaired) electrons. The average Bonchev–Trinajstić information content (AvgIpc) is 2.94. The summed E-state index contributed by atoms with van der Waals surface area (Å²) in [5.74, 6) is 0.925. The predicted octanol–water partition coefficient (Wildman–Crippen LogP) is 4.85. The molecular formula is C28H35ClN8O2S. The van der Waals surface area contributed by atoms with Crippen LogP contribution in [0.25, 0.3) is 0 Å². The van der Waals surface area contributed by atoms with Crippen LogP contribution in [0.4, 0.5) is 23.4 Å². The standard InChI is InChI=1S/C28H35ClN8O2S/c1-6-10-19(29)18(5)25(39)37(21-11-8-9-13-31-21)26(33-17(4)7-2)28(40)16(3)15-36(28)24-22-20(38)12-14-32-23(22)34-27(30)35-24/h6,8-11,13,16-17,40H,7,12,14-15H2,1-5H3,(H3,30,32,34,35). The average molecular weight is 583 g/mol. The van der Waals surface area contributed by atoms with Crippen molar-refractivity contribution in [3.8, 4) is 0 Å². The van der Waals surface area contributed by atoms with Gasteiger partial charge in [0.15, 0.2) is 5.78 Å². The van der Waals surface area contributed by atoms with Gasteiger partial charge in [-0.2, -0.15) is 9.97 Å². The molecule has 2 aromatic rings. The number of fused-ring (bicyclic) bond motifs is 1. The molecule has 3 atom stereocenters. The molecule has 2 aliphatic rings. The number of aliphatic imine (C=N–C) groups is 1. The van der Waals surface area contributed by atoms with Gasteiger partial charge >= 0.3 is 0 Å². The topological polar surface area (TPSA) is 130 Å². The molecule has 0 spiro atoms. The number of amidine groups is 1. The summed E-state index contributed by atoms with van der Waals surface area (Å²) in [4.78, 5) is 47.8. The molecule has 4 rings (SSSR count). The minimum atomic E-state index is -1.16. The fraction of sp³-hybridized carbons (Fsp3) is 0.429. The zero-order valence-electron chi connectivity index (χ0n) is 23.3. The summed E-state index contributed by atoms with van der Waals surface area (Å²) in [6.07, 6.45) is 6.07. The van der Waals surface area contributed by atoms with E-state index >= 15 is 0 Å². The van der Waals surface area contributed by atoms with E-state index < -0.39 is 10.8 Å². The van der Waals surface area contributed by atoms with Crippen LogP contribution in [-0.4, -0.2) is 56.5 Å². The van der Waals surface area contributed by atoms with Gasteiger partial charge in [-0.1, -0.05) is 37.6 Å². The summed E-state index contributed by atoms with van der Waals surface area (Å²) in [6, 6.07) is 5.16. The molecule has 40 heavy (non-hydrogen) atoms. The van der Waals surface area contributed by atoms with Crippen LogP contribution in [0.5, 0.6) is 0 Å². The molecule has 3 N–H and O–H groups in total. The number of allylic oxidation sites excluding steroid dienone is 3. The Bertz CT molecular complexity index is 1400. The Morgan fingerprint density at radius 1 is 1.43 bits per heavy atom. The molecular weight excluding hydrogens is 548 g/mol. The van der Waals surface area contributed by atoms with E-state index in [1.54, 1.807) is 43.5 Å². The Kier molecular flexibility index (Phi) is 8.84. The number of hydrogen-bond acceptors (Lipinski definition) is 10. The number of aromatic nitrogens is 3. The number of hydrogen-bond donors (Lipinski definition) is 3. The molecule has 1 saturated heterocycles. The smallest absolute Gasteiger partial charge is 0.262 e. The lowest BCUT2D eigenvalue weighted by Crippen LogP contribution is -2.72. The fourth-order valence-electron chi connectivity index (χ4n) is 4.70. The van der Waals surface area contributed by atoms with E-state index in [2.05, 4.69) is 20.3 Å². The van der Waals surface area contributed by atoms with Crippen LogP contribution in [0.1, 0.15) is 57.8 Å². The zero-order valence-corrected chi connectivity index (χ0v) is 25.0. The van der Waals surface area contributed by atoms with Gasteiger partial charge < -0.3 is 16.0 Å². The van der Waals surface area contributed by atoms with Gasteiger partial charge in [0.25, 0.3) is 5.91 Å². The Morgan fingerprint density at radius 2 is 2.17 bits per heavy atom. The number of nitrogen functional groups attached to an aromatic ring is 1. The third-order valence-electron chi connectivity index (χ3n) is 7.19. The molecule has 1 amide bonds. The van der Waals surface area contributed by atoms with Gasteiger partial charge in [0, 0.05) is 48.3 Å². The van der Waals surface area contributed by atoms with E-state index in [0.29, 0.717) is 59.0 Å². The van der Waals surface area contributed by atoms with Crippen LogP contribution < -0.4 is 20.9 Å². The highest BCUT2D eigenvalue weighted by Crippen LogP contribution is 2.48. The normalized spacial score (nSPS) is 22.3. The molecule has 212 valence electrons. The van der Waals surface area contributed by atoms with Gasteiger partial charge in [0.05, 0.1) is 0 Å². The maximum Gasteiger partial charge on any atom is 0.262 e. The molecule has 4 heterocycles. The van der Waals surface area contributed by atoms with Crippen molar-refractivity contribution in [2.24, 2.45) is 10.9 Å². The Morgan fingerprint density at radius 3 is 2.80 bits per heavy atom. The lowest BCUT2D eigenvalue weighted by atomic mass is 9.86. The quantitative estimate of drug-likeness (QED) is 0.139. The second-order valence-corrected chi connectivity index (χ2v) is 11.1. The van der Waals surface area contributed by atoms with E-state index in [-0.39, 0.29) is 23.7 Å². The summed E-state index contributed by atoms with van der Waals surface area (Å²) in [6.45, 7) is 10.5. The monoisotopic (exact) mass is 582 g/mol. The van der Waals surface area contributed by atoms with Crippen molar-refractivity contribution < 1.29 is 9.59 Å². The summed E-state index contributed by atoms with van der Waals surface area (Å²) in [5.41, 5.74) is 6.77. The maximum atomic E-state index is 14.2. The SMILES string of the molecule is CC=CC(Cl)=C(C)C(=O)N(C(=NC(C)CC)C1(S)C(C)CN1c1nc(N)nc2c1C(=O)CCN2)c1ccccn1. The number of nitrogens with zero attached hydrogens (tertiary/aromatic N) is 6. The second-order valence-electron chi connectivity index (χ2n) is 9.98. The van der Waals surface area contributed by atoms with Crippen LogP contribution >= 0.6 is 24.2 Å². The number of carbonyl (C=O) groups excluding carboxylic acids is 2. The summed E-state index contributed by atoms with van der Waals surface area (Å²) in [7, 11) is 0. The molecule has 0 saturated carbocycles. The number of ketones is 1. The Balaban J connectivity index is 1.96. The van der Waals surface area contributed by atoms with Crippen molar-refractivity contribution in [1.82, 2.24) is 15.0 Å². The van der Waals surface area contributed by atoms with Gasteiger partial charge in [0.1, 0.15) is 33.7 Å². The number of amides is 1. The van der Waals surface area contributed by atoms with Gasteiger partial charge in [-0.15, -0.1) is 12.6 Å². The third kappa shape index (κ3) is 5.32. The highest BCUT2D eigenvalue weighted by molar-refractivity contribution is 7.83. The highest BCUT2D eigenvalue weighted by Gasteiger charge is 2.57. The van der Waals surface area contributed by atoms with E-state index in [1.807, 2.05) is 32.6 Å². The van der Waals surface area contributed by atoms with Crippen LogP contribution in [-0.2, 0) is 4.79 Å². The molecule has 1 fully saturated rings. The molecule has 2 aliphatic heterocycles. The number of pyridine rings is 1. The Hall–Kier alpha value is -3.44. The number of nitrogens with two attached hydrogens (primary N) is 1. The molecule has 2 aromatic heterocycles. The maximum absolute atomic E-state index is 14.2. The third-order valence-corrected chi connectivity index (χ3v) is 8.48. The van der Waals surface area contributed by atoms with Gasteiger partial charge in [-0.25, -0.2) is 9.88 Å². The lowest BCUT2D eigenvalue weighted by Gasteiger charge is -2.57. The van der Waals surface area contributed by atoms with Gasteiger partial charge in [0.2, 0.25) is 5.95 Å². The number of rotatable bonds is 7. The van der Waals surface area contributed by atoms with Crippen molar-refractivity contribution in [3.63, 3.8) is 0 Å². The molecule has 10 nitrogen and oxygen atoms in total. The first kappa shape index (κ1) is 29.5. The number of anilines is 4. The lowest BCUT2D eigenvalue weighted by molar-refractivity contribution is -0.114. The molecule has 3 unspecified atom stereocenters. The molecule has 0 aromatic carbocycles. The predicted molar refractivity (Wildman–Crippen MR) is 164 cm³/mol. The number of halogens is 1. The minimum absolute atomic E-state index is 0.0289. The van der Waals surface area contributed by atoms with Crippen LogP contribution in [0, 0.1) is 5.92 Å². The van der Waals surface area contributed by atoms with Crippen LogP contribution in [0.3, 0.4) is 0 Å². The van der Waals surface area contributed by atoms with E-state index in [9.17, 15) is 9.59 Å². The van der Waals surface area contributed by atoms with Crippen molar-refractivity contribution >= 4 is 65.2 Å². The van der Waals surface area contributed by atoms with Crippen molar-refractivity contribution in [2.75, 3.05) is 33.9 Å². The van der Waals surface area contributed by atoms with E-state index in [1.165, 1.54) is 4.90 Å². The molecule has 0 bridgehead atoms. The van der Waals surface area contributed by atoms with E-state index in [4.69, 9.17) is 35.0 Å². The van der Waals surface area contributed by atoms with Crippen LogP contribution in [0.15, 0.2) is 52.1 Å². The number of thiol groups is 1. The fourth-order valence-corrected chi connectivity index (χ4v) is 5.32. The van der Waals surface area contributed by atoms with E-state index in [0.717, 1.165) is 6.42 Å². The summed E-state index contributed by atoms with van der Waals surface area (Å²) in [5, 5.41) is 3.46. The first-order chi connectivity index (χ1) is 19.0. The first-order valence-corrected chi connectivity index (χ1v) is 14.1. The van der Waals surface area contributed by atoms with Gasteiger partial charge in [-0.05, 0) is 45.4 Å². The van der Waals surface area contributed by atoms with Crippen molar-refractivity contribution in [2.45, 2.75) is 58.4 Å². The number of carbonyl (C=O) groups is 2. The van der Waals surface area contributed by atoms with Gasteiger partial charge in [-0.3, -0.25) is 14.6 Å². The zero-order chi connectivity index (χ0) is 29.2. The second kappa shape index (κ2) is 12.0. The largest absolute Gasteiger partial charge is 0.369 e. The Labute approximate surface area is 245 Å². The highest BCUT2D eigenvalue weighted by atomic mass is 35.5.